The van der Waals surface area contributed by atoms with Crippen LogP contribution >= 0.6 is 0 Å². The van der Waals surface area contributed by atoms with E-state index in [9.17, 15) is 28.2 Å². The van der Waals surface area contributed by atoms with Crippen molar-refractivity contribution in [3.63, 3.8) is 0 Å². The van der Waals surface area contributed by atoms with E-state index < -0.39 is 52.5 Å². The topological polar surface area (TPSA) is 121 Å². The highest BCUT2D eigenvalue weighted by Gasteiger charge is 2.34. The van der Waals surface area contributed by atoms with Gasteiger partial charge in [-0.2, -0.15) is 0 Å². The number of aliphatic hydroxyl groups is 1. The van der Waals surface area contributed by atoms with Gasteiger partial charge in [0, 0.05) is 24.4 Å². The molecule has 1 saturated carbocycles. The molecule has 0 saturated heterocycles. The van der Waals surface area contributed by atoms with Crippen LogP contribution in [0.2, 0.25) is 0 Å². The van der Waals surface area contributed by atoms with Gasteiger partial charge in [-0.15, -0.1) is 0 Å². The number of pyridine rings is 2. The number of nitrogens with two attached hydrogens (primary N) is 1. The van der Waals surface area contributed by atoms with Crippen LogP contribution in [0, 0.1) is 23.4 Å². The van der Waals surface area contributed by atoms with E-state index in [4.69, 9.17) is 5.73 Å². The molecule has 0 aliphatic heterocycles. The van der Waals surface area contributed by atoms with E-state index in [2.05, 4.69) is 15.3 Å². The van der Waals surface area contributed by atoms with Crippen molar-refractivity contribution in [1.82, 2.24) is 9.97 Å². The molecule has 4 atom stereocenters. The molecule has 34 heavy (non-hydrogen) atoms. The van der Waals surface area contributed by atoms with Crippen molar-refractivity contribution < 1.29 is 28.2 Å². The second-order valence-electron chi connectivity index (χ2n) is 8.53. The zero-order valence-electron chi connectivity index (χ0n) is 18.2. The zero-order chi connectivity index (χ0) is 24.6. The molecule has 0 spiro atoms. The molecule has 10 heteroatoms. The van der Waals surface area contributed by atoms with Crippen LogP contribution in [-0.2, 0) is 0 Å². The molecule has 0 bridgehead atoms. The first-order valence-electron chi connectivity index (χ1n) is 10.7. The number of carbonyl (C=O) groups excluding carboxylic acids is 1. The SMILES string of the molecule is CC1C[C@@H](c2ccncc2NC(=O)c2ccc(F)c(-c3c(F)cc(O)cc3F)n2)C[C@@H](N)[C@@H]1O. The molecule has 1 unspecified atom stereocenters. The first-order chi connectivity index (χ1) is 16.2. The first-order valence-corrected chi connectivity index (χ1v) is 10.7. The maximum absolute atomic E-state index is 14.4. The van der Waals surface area contributed by atoms with Gasteiger partial charge in [-0.3, -0.25) is 9.78 Å². The van der Waals surface area contributed by atoms with Crippen molar-refractivity contribution in [2.24, 2.45) is 11.7 Å². The average molecular weight is 472 g/mol. The van der Waals surface area contributed by atoms with Crippen molar-refractivity contribution in [2.75, 3.05) is 5.32 Å². The Balaban J connectivity index is 1.64. The third-order valence-corrected chi connectivity index (χ3v) is 6.12. The summed E-state index contributed by atoms with van der Waals surface area (Å²) >= 11 is 0. The fourth-order valence-corrected chi connectivity index (χ4v) is 4.41. The largest absolute Gasteiger partial charge is 0.508 e. The molecule has 0 radical (unpaired) electrons. The quantitative estimate of drug-likeness (QED) is 0.459. The van der Waals surface area contributed by atoms with Gasteiger partial charge in [0.25, 0.3) is 5.91 Å². The number of rotatable bonds is 4. The van der Waals surface area contributed by atoms with Gasteiger partial charge >= 0.3 is 0 Å². The molecule has 5 N–H and O–H groups in total. The Bertz CT molecular complexity index is 1200. The maximum atomic E-state index is 14.4. The third kappa shape index (κ3) is 4.59. The summed E-state index contributed by atoms with van der Waals surface area (Å²) in [5.41, 5.74) is 5.48. The number of amides is 1. The lowest BCUT2D eigenvalue weighted by Gasteiger charge is -2.36. The highest BCUT2D eigenvalue weighted by Crippen LogP contribution is 2.38. The summed E-state index contributed by atoms with van der Waals surface area (Å²) in [6, 6.07) is 4.57. The lowest BCUT2D eigenvalue weighted by atomic mass is 9.74. The van der Waals surface area contributed by atoms with E-state index in [1.54, 1.807) is 12.3 Å². The summed E-state index contributed by atoms with van der Waals surface area (Å²) < 4.78 is 42.9. The van der Waals surface area contributed by atoms with Crippen LogP contribution in [0.5, 0.6) is 5.75 Å². The van der Waals surface area contributed by atoms with E-state index in [0.29, 0.717) is 30.7 Å². The van der Waals surface area contributed by atoms with Crippen molar-refractivity contribution in [2.45, 2.75) is 37.8 Å². The van der Waals surface area contributed by atoms with E-state index in [1.807, 2.05) is 6.92 Å². The van der Waals surface area contributed by atoms with E-state index >= 15 is 0 Å². The number of benzene rings is 1. The Morgan fingerprint density at radius 2 is 1.82 bits per heavy atom. The van der Waals surface area contributed by atoms with Gasteiger partial charge < -0.3 is 21.3 Å². The molecule has 2 aromatic heterocycles. The van der Waals surface area contributed by atoms with Crippen LogP contribution in [0.4, 0.5) is 18.9 Å². The number of hydrogen-bond acceptors (Lipinski definition) is 6. The molecule has 1 aliphatic rings. The Morgan fingerprint density at radius 1 is 1.12 bits per heavy atom. The van der Waals surface area contributed by atoms with Gasteiger partial charge in [0.15, 0.2) is 0 Å². The Morgan fingerprint density at radius 3 is 2.50 bits per heavy atom. The highest BCUT2D eigenvalue weighted by molar-refractivity contribution is 6.03. The predicted molar refractivity (Wildman–Crippen MR) is 119 cm³/mol. The summed E-state index contributed by atoms with van der Waals surface area (Å²) in [6.07, 6.45) is 3.59. The summed E-state index contributed by atoms with van der Waals surface area (Å²) in [5, 5.41) is 22.2. The summed E-state index contributed by atoms with van der Waals surface area (Å²) in [6.45, 7) is 1.90. The molecule has 1 aromatic carbocycles. The van der Waals surface area contributed by atoms with Gasteiger partial charge in [0.05, 0.1) is 23.6 Å². The molecule has 4 rings (SSSR count). The lowest BCUT2D eigenvalue weighted by molar-refractivity contribution is 0.0521. The Hall–Kier alpha value is -3.50. The van der Waals surface area contributed by atoms with Crippen LogP contribution in [0.25, 0.3) is 11.3 Å². The number of nitrogens with one attached hydrogen (secondary N) is 1. The van der Waals surface area contributed by atoms with Crippen molar-refractivity contribution in [3.05, 3.63) is 71.4 Å². The van der Waals surface area contributed by atoms with Crippen LogP contribution in [0.1, 0.15) is 41.7 Å². The van der Waals surface area contributed by atoms with Crippen molar-refractivity contribution in [3.8, 4) is 17.0 Å². The van der Waals surface area contributed by atoms with Gasteiger partial charge in [-0.1, -0.05) is 6.92 Å². The maximum Gasteiger partial charge on any atom is 0.274 e. The zero-order valence-corrected chi connectivity index (χ0v) is 18.2. The van der Waals surface area contributed by atoms with E-state index in [-0.39, 0.29) is 17.5 Å². The normalized spacial score (nSPS) is 22.4. The lowest BCUT2D eigenvalue weighted by Crippen LogP contribution is -2.44. The minimum Gasteiger partial charge on any atom is -0.508 e. The molecule has 1 fully saturated rings. The van der Waals surface area contributed by atoms with E-state index in [0.717, 1.165) is 17.7 Å². The summed E-state index contributed by atoms with van der Waals surface area (Å²) in [5.74, 6) is -4.96. The van der Waals surface area contributed by atoms with Crippen molar-refractivity contribution in [1.29, 1.82) is 0 Å². The average Bonchev–Trinajstić information content (AvgIpc) is 2.78. The van der Waals surface area contributed by atoms with Gasteiger partial charge in [0.2, 0.25) is 0 Å². The van der Waals surface area contributed by atoms with Crippen LogP contribution in [0.15, 0.2) is 42.7 Å². The fraction of sp³-hybridized carbons (Fsp3) is 0.292. The number of aliphatic hydroxyl groups excluding tert-OH is 1. The molecular weight excluding hydrogens is 449 g/mol. The smallest absolute Gasteiger partial charge is 0.274 e. The molecule has 3 aromatic rings. The Kier molecular flexibility index (Phi) is 6.54. The van der Waals surface area contributed by atoms with Crippen LogP contribution in [-0.4, -0.2) is 38.2 Å². The first kappa shape index (κ1) is 23.7. The number of halogens is 3. The predicted octanol–water partition coefficient (Wildman–Crippen LogP) is 3.72. The summed E-state index contributed by atoms with van der Waals surface area (Å²) in [7, 11) is 0. The minimum absolute atomic E-state index is 0.0383. The van der Waals surface area contributed by atoms with Crippen molar-refractivity contribution >= 4 is 11.6 Å². The van der Waals surface area contributed by atoms with Gasteiger partial charge in [-0.05, 0) is 48.4 Å². The third-order valence-electron chi connectivity index (χ3n) is 6.12. The molecule has 1 aliphatic carbocycles. The number of carbonyl (C=O) groups is 1. The number of aromatic hydroxyl groups is 1. The number of nitrogens with zero attached hydrogens (tertiary/aromatic N) is 2. The molecule has 178 valence electrons. The second kappa shape index (κ2) is 9.40. The van der Waals surface area contributed by atoms with Crippen LogP contribution in [0.3, 0.4) is 0 Å². The van der Waals surface area contributed by atoms with E-state index in [1.165, 1.54) is 6.20 Å². The number of phenols is 1. The van der Waals surface area contributed by atoms with Crippen LogP contribution < -0.4 is 11.1 Å². The minimum atomic E-state index is -1.22. The number of hydrogen-bond donors (Lipinski definition) is 4. The standard InChI is InChI=1S/C24H23F3N4O3/c1-11-6-12(7-18(28)23(11)33)14-4-5-29-10-20(14)31-24(34)19-3-2-15(25)22(30-19)21-16(26)8-13(32)9-17(21)27/h2-5,8-12,18,23,32-33H,6-7,28H2,1H3,(H,31,34)/t11?,12-,18-,23-/m1/s1. The number of anilines is 1. The molecular formula is C24H23F3N4O3. The molecule has 2 heterocycles. The highest BCUT2D eigenvalue weighted by atomic mass is 19.1. The van der Waals surface area contributed by atoms with Gasteiger partial charge in [0.1, 0.15) is 34.6 Å². The molecule has 7 nitrogen and oxygen atoms in total. The number of aromatic nitrogens is 2. The van der Waals surface area contributed by atoms with Gasteiger partial charge in [-0.25, -0.2) is 18.2 Å². The number of phenolic OH excluding ortho intramolecular Hbond substituents is 1. The Labute approximate surface area is 193 Å². The summed E-state index contributed by atoms with van der Waals surface area (Å²) in [4.78, 5) is 20.8. The fourth-order valence-electron chi connectivity index (χ4n) is 4.41. The molecule has 1 amide bonds. The monoisotopic (exact) mass is 472 g/mol. The second-order valence-corrected chi connectivity index (χ2v) is 8.53.